The average Bonchev–Trinajstić information content (AvgIpc) is 1.56. The Morgan fingerprint density at radius 1 is 0.189 bits per heavy atom. The Labute approximate surface area is 859 Å². The van der Waals surface area contributed by atoms with E-state index in [1.165, 1.54) is 88.3 Å². The molecule has 148 heavy (non-hydrogen) atoms. The number of hydrogen-bond acceptors (Lipinski definition) is 8. The minimum Gasteiger partial charge on any atom is -0.292 e. The Morgan fingerprint density at radius 2 is 0.527 bits per heavy atom. The first-order chi connectivity index (χ1) is 73.1. The van der Waals surface area contributed by atoms with Crippen LogP contribution in [0.5, 0.6) is 0 Å². The molecular weight excluding hydrogens is 1800 g/mol. The molecule has 1 aliphatic rings. The third kappa shape index (κ3) is 18.0. The number of para-hydroxylation sites is 4. The van der Waals surface area contributed by atoms with E-state index < -0.39 is 0 Å². The summed E-state index contributed by atoms with van der Waals surface area (Å²) in [6.45, 7) is 4.70. The van der Waals surface area contributed by atoms with Crippen molar-refractivity contribution in [3.8, 4) is 197 Å². The molecule has 696 valence electrons. The maximum Gasteiger partial charge on any atom is 0.161 e. The Morgan fingerprint density at radius 3 is 1.07 bits per heavy atom. The Balaban J connectivity index is 0.000000116. The van der Waals surface area contributed by atoms with Crippen LogP contribution in [0, 0.1) is 0 Å². The zero-order valence-corrected chi connectivity index (χ0v) is 81.4. The fraction of sp³-hybridized carbons (Fsp3) is 0.0216. The summed E-state index contributed by atoms with van der Waals surface area (Å²) < 4.78 is 2.24. The van der Waals surface area contributed by atoms with Crippen molar-refractivity contribution in [1.29, 1.82) is 0 Å². The van der Waals surface area contributed by atoms with Gasteiger partial charge in [-0.05, 0) is 195 Å². The SMILES string of the molecule is CC1(C)c2ccccc2-c2cccc(-c3cccc(-c4cc(-c5ccc(-c6ccccc6)cc5)nc(-c5ccc6ccccc6c5)n4)c3)c21.c1ccc(-c2ccc(-c3cc(-c4cccc(-c5ccc(-c6nc7ccccc7n6-c6ccccc6)cc5)c4)nc(-c4cccc5ccccc45)n3)cc2)cc1.c1ccc(-c2ccc(-c3cc(-c4cccc(-c5cccc6cccnc56)c4)nc(-c4ccc5ccccc5c4)n3)cc2)cc1. The number of rotatable bonds is 17. The molecule has 0 aliphatic heterocycles. The van der Waals surface area contributed by atoms with Gasteiger partial charge >= 0.3 is 0 Å². The zero-order valence-electron chi connectivity index (χ0n) is 81.4. The van der Waals surface area contributed by atoms with E-state index in [4.69, 9.17) is 39.9 Å². The van der Waals surface area contributed by atoms with Gasteiger partial charge in [-0.1, -0.05) is 469 Å². The number of pyridine rings is 1. The molecule has 5 heterocycles. The van der Waals surface area contributed by atoms with Gasteiger partial charge in [0.05, 0.1) is 50.7 Å². The van der Waals surface area contributed by atoms with Crippen LogP contribution in [0.1, 0.15) is 25.0 Å². The summed E-state index contributed by atoms with van der Waals surface area (Å²) in [6.07, 6.45) is 1.85. The van der Waals surface area contributed by atoms with Crippen molar-refractivity contribution >= 4 is 54.3 Å². The predicted molar refractivity (Wildman–Crippen MR) is 613 cm³/mol. The molecule has 0 N–H and O–H groups in total. The fourth-order valence-electron chi connectivity index (χ4n) is 20.9. The Hall–Kier alpha value is -19.5. The van der Waals surface area contributed by atoms with E-state index in [-0.39, 0.29) is 5.41 Å². The first-order valence-corrected chi connectivity index (χ1v) is 50.2. The van der Waals surface area contributed by atoms with Gasteiger partial charge in [-0.25, -0.2) is 34.9 Å². The highest BCUT2D eigenvalue weighted by Gasteiger charge is 2.37. The van der Waals surface area contributed by atoms with Crippen molar-refractivity contribution in [2.24, 2.45) is 0 Å². The number of hydrogen-bond donors (Lipinski definition) is 0. The molecule has 1 aliphatic carbocycles. The van der Waals surface area contributed by atoms with E-state index in [9.17, 15) is 0 Å². The first kappa shape index (κ1) is 89.8. The Bertz CT molecular complexity index is 9450. The Kier molecular flexibility index (Phi) is 23.9. The van der Waals surface area contributed by atoms with Gasteiger partial charge < -0.3 is 0 Å². The lowest BCUT2D eigenvalue weighted by Crippen LogP contribution is -2.16. The van der Waals surface area contributed by atoms with Gasteiger partial charge in [-0.2, -0.15) is 0 Å². The third-order valence-corrected chi connectivity index (χ3v) is 28.4. The number of benzene rings is 21. The first-order valence-electron chi connectivity index (χ1n) is 50.2. The highest BCUT2D eigenvalue weighted by Crippen LogP contribution is 2.53. The third-order valence-electron chi connectivity index (χ3n) is 28.4. The second-order valence-corrected chi connectivity index (χ2v) is 38.1. The van der Waals surface area contributed by atoms with Crippen LogP contribution in [-0.2, 0) is 5.41 Å². The molecule has 9 nitrogen and oxygen atoms in total. The standard InChI is InChI=1S/C51H34N4.C47H34N2.C41H27N3/c1-3-13-35(14-4-1)36-25-29-39(30-26-36)47-34-48(53-50(52-47)45-22-12-16-38-15-7-8-21-44(38)45)42-18-11-17-41(33-42)37-27-31-40(32-28-37)51-54-46-23-9-10-24-49(46)55(51)43-19-5-2-6-20-43;1-47(2)42-21-9-8-18-40(42)41-20-11-19-39(45(41)47)36-16-10-17-37(29-36)44-30-43(34-25-22-33(23-26-34)31-12-4-3-5-13-31)48-46(49-44)38-27-24-32-14-6-7-15-35(32)28-38;1-2-9-28(10-3-1)30-18-21-31(22-19-30)38-27-39(44-41(43-38)36-23-20-29-11-4-5-12-33(29)25-36)35-15-6-14-34(26-35)37-17-7-13-32-16-8-24-42-40(32)37/h1-34H;3-30H,1-2H3;1-27H. The van der Waals surface area contributed by atoms with Gasteiger partial charge in [-0.15, -0.1) is 0 Å². The summed E-state index contributed by atoms with van der Waals surface area (Å²) in [4.78, 5) is 40.8. The zero-order chi connectivity index (χ0) is 98.8. The molecule has 27 rings (SSSR count). The van der Waals surface area contributed by atoms with Crippen molar-refractivity contribution in [1.82, 2.24) is 44.4 Å². The number of fused-ring (bicyclic) bond motifs is 8. The second kappa shape index (κ2) is 39.4. The summed E-state index contributed by atoms with van der Waals surface area (Å²) >= 11 is 0. The van der Waals surface area contributed by atoms with Crippen LogP contribution < -0.4 is 0 Å². The molecule has 9 heteroatoms. The van der Waals surface area contributed by atoms with Crippen molar-refractivity contribution in [2.75, 3.05) is 0 Å². The molecule has 5 aromatic heterocycles. The predicted octanol–water partition coefficient (Wildman–Crippen LogP) is 35.8. The smallest absolute Gasteiger partial charge is 0.161 e. The molecule has 0 fully saturated rings. The number of imidazole rings is 1. The normalized spacial score (nSPS) is 11.8. The van der Waals surface area contributed by atoms with Crippen LogP contribution in [0.25, 0.3) is 251 Å². The van der Waals surface area contributed by atoms with Crippen LogP contribution in [0.15, 0.2) is 540 Å². The van der Waals surface area contributed by atoms with Gasteiger partial charge in [0.2, 0.25) is 0 Å². The van der Waals surface area contributed by atoms with Gasteiger partial charge in [0.1, 0.15) is 5.82 Å². The van der Waals surface area contributed by atoms with Gasteiger partial charge in [0, 0.05) is 83.9 Å². The highest BCUT2D eigenvalue weighted by molar-refractivity contribution is 5.99. The molecule has 0 saturated heterocycles. The topological polar surface area (TPSA) is 108 Å². The minimum atomic E-state index is -0.101. The lowest BCUT2D eigenvalue weighted by Gasteiger charge is -2.24. The molecule has 0 saturated carbocycles. The van der Waals surface area contributed by atoms with E-state index in [1.54, 1.807) is 0 Å². The van der Waals surface area contributed by atoms with E-state index in [1.807, 2.05) is 36.5 Å². The molecule has 21 aromatic carbocycles. The maximum atomic E-state index is 5.24. The molecule has 0 amide bonds. The molecule has 0 spiro atoms. The minimum absolute atomic E-state index is 0.101. The number of aromatic nitrogens is 9. The van der Waals surface area contributed by atoms with Gasteiger partial charge in [0.25, 0.3) is 0 Å². The van der Waals surface area contributed by atoms with Crippen LogP contribution >= 0.6 is 0 Å². The summed E-state index contributed by atoms with van der Waals surface area (Å²) in [5.74, 6) is 3.03. The van der Waals surface area contributed by atoms with Crippen molar-refractivity contribution in [2.45, 2.75) is 19.3 Å². The molecule has 0 atom stereocenters. The van der Waals surface area contributed by atoms with Gasteiger partial charge in [-0.3, -0.25) is 9.55 Å². The van der Waals surface area contributed by atoms with Gasteiger partial charge in [0.15, 0.2) is 17.5 Å². The van der Waals surface area contributed by atoms with Crippen LogP contribution in [0.4, 0.5) is 0 Å². The van der Waals surface area contributed by atoms with Crippen molar-refractivity contribution < 1.29 is 0 Å². The van der Waals surface area contributed by atoms with E-state index in [2.05, 4.69) is 522 Å². The van der Waals surface area contributed by atoms with E-state index >= 15 is 0 Å². The second-order valence-electron chi connectivity index (χ2n) is 38.1. The molecule has 0 bridgehead atoms. The summed E-state index contributed by atoms with van der Waals surface area (Å²) in [5.41, 5.74) is 39.1. The number of nitrogens with zero attached hydrogens (tertiary/aromatic N) is 9. The quantitative estimate of drug-likeness (QED) is 0.0887. The maximum absolute atomic E-state index is 5.24. The van der Waals surface area contributed by atoms with Crippen LogP contribution in [-0.4, -0.2) is 44.4 Å². The molecule has 0 unspecified atom stereocenters. The van der Waals surface area contributed by atoms with Crippen molar-refractivity contribution in [3.63, 3.8) is 0 Å². The fourth-order valence-corrected chi connectivity index (χ4v) is 20.9. The van der Waals surface area contributed by atoms with Crippen LogP contribution in [0.2, 0.25) is 0 Å². The van der Waals surface area contributed by atoms with Crippen LogP contribution in [0.3, 0.4) is 0 Å². The lowest BCUT2D eigenvalue weighted by molar-refractivity contribution is 0.662. The summed E-state index contributed by atoms with van der Waals surface area (Å²) in [5, 5.41) is 8.14. The molecular formula is C139H95N9. The monoisotopic (exact) mass is 1890 g/mol. The lowest BCUT2D eigenvalue weighted by atomic mass is 9.78. The average molecular weight is 1890 g/mol. The highest BCUT2D eigenvalue weighted by atomic mass is 15.1. The van der Waals surface area contributed by atoms with E-state index in [0.29, 0.717) is 17.5 Å². The molecule has 26 aromatic rings. The summed E-state index contributed by atoms with van der Waals surface area (Å²) in [7, 11) is 0. The summed E-state index contributed by atoms with van der Waals surface area (Å²) in [6, 6.07) is 188. The van der Waals surface area contributed by atoms with E-state index in [0.717, 1.165) is 156 Å². The largest absolute Gasteiger partial charge is 0.292 e. The molecule has 0 radical (unpaired) electrons. The van der Waals surface area contributed by atoms with Crippen molar-refractivity contribution in [3.05, 3.63) is 551 Å².